The quantitative estimate of drug-likeness (QED) is 0.717. The Morgan fingerprint density at radius 2 is 2.08 bits per heavy atom. The topological polar surface area (TPSA) is 40.9 Å². The fraction of sp³-hybridized carbons (Fsp3) is 0.300. The van der Waals surface area contributed by atoms with Crippen LogP contribution in [0.2, 0.25) is 5.02 Å². The van der Waals surface area contributed by atoms with E-state index in [1.165, 1.54) is 0 Å². The molecule has 0 saturated carbocycles. The van der Waals surface area contributed by atoms with Crippen LogP contribution in [0.3, 0.4) is 0 Å². The van der Waals surface area contributed by atoms with Crippen LogP contribution in [0.4, 0.5) is 0 Å². The SMILES string of the molecule is CC(C)c1ccc(C([NH])=O)cc1Cl. The van der Waals surface area contributed by atoms with Crippen molar-refractivity contribution < 1.29 is 4.79 Å². The van der Waals surface area contributed by atoms with E-state index >= 15 is 0 Å². The van der Waals surface area contributed by atoms with E-state index in [1.54, 1.807) is 18.2 Å². The summed E-state index contributed by atoms with van der Waals surface area (Å²) < 4.78 is 0. The van der Waals surface area contributed by atoms with Gasteiger partial charge in [0.2, 0.25) is 0 Å². The smallest absolute Gasteiger partial charge is 0.267 e. The van der Waals surface area contributed by atoms with Crippen LogP contribution in [0.1, 0.15) is 35.7 Å². The predicted octanol–water partition coefficient (Wildman–Crippen LogP) is 2.89. The van der Waals surface area contributed by atoms with Crippen LogP contribution in [0.25, 0.3) is 0 Å². The molecule has 0 heterocycles. The van der Waals surface area contributed by atoms with Crippen LogP contribution in [0, 0.1) is 0 Å². The average Bonchev–Trinajstić information content (AvgIpc) is 2.03. The van der Waals surface area contributed by atoms with Gasteiger partial charge in [-0.2, -0.15) is 0 Å². The Balaban J connectivity index is 3.13. The van der Waals surface area contributed by atoms with Gasteiger partial charge >= 0.3 is 0 Å². The Bertz CT molecular complexity index is 334. The fourth-order valence-corrected chi connectivity index (χ4v) is 1.54. The molecule has 1 aromatic rings. The molecule has 69 valence electrons. The highest BCUT2D eigenvalue weighted by Crippen LogP contribution is 2.24. The van der Waals surface area contributed by atoms with Gasteiger partial charge in [-0.3, -0.25) is 10.5 Å². The maximum Gasteiger partial charge on any atom is 0.269 e. The number of halogens is 1. The van der Waals surface area contributed by atoms with E-state index in [0.717, 1.165) is 5.56 Å². The monoisotopic (exact) mass is 196 g/mol. The minimum Gasteiger partial charge on any atom is -0.267 e. The molecule has 0 aromatic heterocycles. The number of benzene rings is 1. The highest BCUT2D eigenvalue weighted by Gasteiger charge is 2.08. The van der Waals surface area contributed by atoms with Crippen molar-refractivity contribution in [2.75, 3.05) is 0 Å². The summed E-state index contributed by atoms with van der Waals surface area (Å²) in [4.78, 5) is 10.7. The lowest BCUT2D eigenvalue weighted by atomic mass is 10.0. The number of carbonyl (C=O) groups excluding carboxylic acids is 1. The molecule has 0 spiro atoms. The van der Waals surface area contributed by atoms with Crippen molar-refractivity contribution in [3.05, 3.63) is 34.3 Å². The third kappa shape index (κ3) is 2.22. The molecule has 3 heteroatoms. The third-order valence-corrected chi connectivity index (χ3v) is 2.21. The Kier molecular flexibility index (Phi) is 2.94. The largest absolute Gasteiger partial charge is 0.269 e. The van der Waals surface area contributed by atoms with E-state index in [9.17, 15) is 4.79 Å². The zero-order valence-corrected chi connectivity index (χ0v) is 8.35. The molecule has 0 saturated heterocycles. The maximum atomic E-state index is 10.7. The summed E-state index contributed by atoms with van der Waals surface area (Å²) in [6, 6.07) is 4.98. The molecule has 1 N–H and O–H groups in total. The van der Waals surface area contributed by atoms with Gasteiger partial charge in [-0.1, -0.05) is 31.5 Å². The van der Waals surface area contributed by atoms with Crippen molar-refractivity contribution in [1.29, 1.82) is 0 Å². The summed E-state index contributed by atoms with van der Waals surface area (Å²) in [6.07, 6.45) is 0. The summed E-state index contributed by atoms with van der Waals surface area (Å²) >= 11 is 5.93. The number of carbonyl (C=O) groups is 1. The average molecular weight is 197 g/mol. The van der Waals surface area contributed by atoms with Crippen LogP contribution >= 0.6 is 11.6 Å². The number of nitrogens with one attached hydrogen (secondary N) is 1. The Morgan fingerprint density at radius 1 is 1.46 bits per heavy atom. The molecule has 1 rings (SSSR count). The van der Waals surface area contributed by atoms with E-state index in [0.29, 0.717) is 16.5 Å². The molecule has 13 heavy (non-hydrogen) atoms. The van der Waals surface area contributed by atoms with Crippen molar-refractivity contribution >= 4 is 17.5 Å². The van der Waals surface area contributed by atoms with Crippen LogP contribution in [-0.2, 0) is 0 Å². The van der Waals surface area contributed by atoms with Gasteiger partial charge in [-0.25, -0.2) is 0 Å². The summed E-state index contributed by atoms with van der Waals surface area (Å²) in [6.45, 7) is 4.06. The molecule has 0 aliphatic heterocycles. The highest BCUT2D eigenvalue weighted by atomic mass is 35.5. The lowest BCUT2D eigenvalue weighted by molar-refractivity contribution is 0.0992. The normalized spacial score (nSPS) is 10.5. The molecule has 0 fully saturated rings. The molecule has 0 aliphatic carbocycles. The second-order valence-electron chi connectivity index (χ2n) is 3.22. The van der Waals surface area contributed by atoms with Gasteiger partial charge in [0.25, 0.3) is 5.91 Å². The van der Waals surface area contributed by atoms with E-state index in [4.69, 9.17) is 17.3 Å². The Labute approximate surface area is 82.7 Å². The lowest BCUT2D eigenvalue weighted by Crippen LogP contribution is -1.99. The zero-order valence-electron chi connectivity index (χ0n) is 7.60. The van der Waals surface area contributed by atoms with Gasteiger partial charge in [0.05, 0.1) is 0 Å². The molecule has 2 nitrogen and oxygen atoms in total. The molecule has 0 bridgehead atoms. The van der Waals surface area contributed by atoms with Gasteiger partial charge in [-0.15, -0.1) is 0 Å². The molecular formula is C10H11ClNO. The summed E-state index contributed by atoms with van der Waals surface area (Å²) in [5.41, 5.74) is 8.24. The van der Waals surface area contributed by atoms with Crippen LogP contribution in [-0.4, -0.2) is 5.91 Å². The number of hydrogen-bond acceptors (Lipinski definition) is 1. The van der Waals surface area contributed by atoms with E-state index < -0.39 is 5.91 Å². The zero-order chi connectivity index (χ0) is 10.0. The lowest BCUT2D eigenvalue weighted by Gasteiger charge is -2.08. The number of rotatable bonds is 2. The van der Waals surface area contributed by atoms with Gasteiger partial charge in [0.15, 0.2) is 0 Å². The van der Waals surface area contributed by atoms with Crippen molar-refractivity contribution in [2.24, 2.45) is 0 Å². The van der Waals surface area contributed by atoms with Crippen molar-refractivity contribution in [3.8, 4) is 0 Å². The summed E-state index contributed by atoms with van der Waals surface area (Å²) in [5.74, 6) is -0.361. The van der Waals surface area contributed by atoms with Gasteiger partial charge in [0, 0.05) is 10.6 Å². The first kappa shape index (κ1) is 10.1. The van der Waals surface area contributed by atoms with Crippen molar-refractivity contribution in [1.82, 2.24) is 5.73 Å². The minimum absolute atomic E-state index is 0.336. The fourth-order valence-electron chi connectivity index (χ4n) is 1.14. The number of hydrogen-bond donors (Lipinski definition) is 0. The third-order valence-electron chi connectivity index (χ3n) is 1.88. The second-order valence-corrected chi connectivity index (χ2v) is 3.63. The standard InChI is InChI=1S/C10H11ClNO/c1-6(2)8-4-3-7(10(12)13)5-9(8)11/h3-6,12H,1-2H3. The molecule has 0 aliphatic rings. The molecule has 1 amide bonds. The van der Waals surface area contributed by atoms with Crippen LogP contribution in [0.15, 0.2) is 18.2 Å². The van der Waals surface area contributed by atoms with E-state index in [-0.39, 0.29) is 0 Å². The maximum absolute atomic E-state index is 10.7. The summed E-state index contributed by atoms with van der Waals surface area (Å²) in [5, 5.41) is 0.563. The molecule has 1 radical (unpaired) electrons. The first-order valence-corrected chi connectivity index (χ1v) is 4.45. The second kappa shape index (κ2) is 3.79. The first-order valence-electron chi connectivity index (χ1n) is 4.07. The Morgan fingerprint density at radius 3 is 2.46 bits per heavy atom. The van der Waals surface area contributed by atoms with Crippen LogP contribution < -0.4 is 5.73 Å². The minimum atomic E-state index is -0.697. The molecular weight excluding hydrogens is 186 g/mol. The number of amides is 1. The van der Waals surface area contributed by atoms with E-state index in [2.05, 4.69) is 0 Å². The first-order chi connectivity index (χ1) is 6.02. The van der Waals surface area contributed by atoms with Crippen molar-refractivity contribution in [2.45, 2.75) is 19.8 Å². The van der Waals surface area contributed by atoms with Gasteiger partial charge in [0.1, 0.15) is 0 Å². The Hall–Kier alpha value is -1.02. The van der Waals surface area contributed by atoms with Crippen LogP contribution in [0.5, 0.6) is 0 Å². The molecule has 0 unspecified atom stereocenters. The highest BCUT2D eigenvalue weighted by molar-refractivity contribution is 6.31. The molecule has 1 aromatic carbocycles. The van der Waals surface area contributed by atoms with E-state index in [1.807, 2.05) is 13.8 Å². The van der Waals surface area contributed by atoms with Gasteiger partial charge < -0.3 is 0 Å². The summed E-state index contributed by atoms with van der Waals surface area (Å²) in [7, 11) is 0. The van der Waals surface area contributed by atoms with Crippen molar-refractivity contribution in [3.63, 3.8) is 0 Å². The predicted molar refractivity (Wildman–Crippen MR) is 53.0 cm³/mol. The van der Waals surface area contributed by atoms with Gasteiger partial charge in [-0.05, 0) is 23.6 Å². The molecule has 0 atom stereocenters.